The van der Waals surface area contributed by atoms with Crippen LogP contribution in [0.4, 0.5) is 0 Å². The van der Waals surface area contributed by atoms with Gasteiger partial charge >= 0.3 is 0 Å². The van der Waals surface area contributed by atoms with Crippen LogP contribution in [-0.4, -0.2) is 25.3 Å². The Kier molecular flexibility index (Phi) is 3.84. The van der Waals surface area contributed by atoms with Crippen LogP contribution in [0.25, 0.3) is 0 Å². The van der Waals surface area contributed by atoms with Crippen LogP contribution in [0.1, 0.15) is 26.7 Å². The minimum atomic E-state index is -0.711. The molecule has 1 saturated heterocycles. The molecular formula is C11H18O3. The summed E-state index contributed by atoms with van der Waals surface area (Å²) in [5.41, 5.74) is 1.08. The molecule has 0 N–H and O–H groups in total. The molecule has 80 valence electrons. The van der Waals surface area contributed by atoms with E-state index in [1.165, 1.54) is 0 Å². The molecule has 3 nitrogen and oxygen atoms in total. The lowest BCUT2D eigenvalue weighted by Crippen LogP contribution is -2.36. The SMILES string of the molecule is C=C(C)CCC(C=O)C1(C)OCCO1. The molecule has 1 aliphatic heterocycles. The largest absolute Gasteiger partial charge is 0.347 e. The third-order valence-electron chi connectivity index (χ3n) is 2.58. The predicted octanol–water partition coefficient (Wildman–Crippen LogP) is 1.92. The topological polar surface area (TPSA) is 35.5 Å². The summed E-state index contributed by atoms with van der Waals surface area (Å²) in [4.78, 5) is 10.9. The second-order valence-corrected chi connectivity index (χ2v) is 3.95. The molecule has 1 unspecified atom stereocenters. The molecule has 14 heavy (non-hydrogen) atoms. The van der Waals surface area contributed by atoms with Gasteiger partial charge in [0.15, 0.2) is 5.79 Å². The van der Waals surface area contributed by atoms with Gasteiger partial charge in [0.25, 0.3) is 0 Å². The molecule has 0 spiro atoms. The zero-order chi connectivity index (χ0) is 10.6. The number of aldehydes is 1. The van der Waals surface area contributed by atoms with E-state index in [9.17, 15) is 4.79 Å². The first-order valence-corrected chi connectivity index (χ1v) is 4.96. The molecule has 0 saturated carbocycles. The predicted molar refractivity (Wildman–Crippen MR) is 53.9 cm³/mol. The molecule has 0 bridgehead atoms. The van der Waals surface area contributed by atoms with Crippen LogP contribution in [0.3, 0.4) is 0 Å². The Labute approximate surface area is 85.1 Å². The van der Waals surface area contributed by atoms with Gasteiger partial charge in [0, 0.05) is 0 Å². The normalized spacial score (nSPS) is 21.9. The summed E-state index contributed by atoms with van der Waals surface area (Å²) in [5, 5.41) is 0. The highest BCUT2D eigenvalue weighted by Gasteiger charge is 2.39. The molecule has 0 aliphatic carbocycles. The number of allylic oxidation sites excluding steroid dienone is 1. The highest BCUT2D eigenvalue weighted by molar-refractivity contribution is 5.55. The van der Waals surface area contributed by atoms with Gasteiger partial charge in [-0.2, -0.15) is 0 Å². The Bertz CT molecular complexity index is 217. The van der Waals surface area contributed by atoms with Crippen LogP contribution in [0.5, 0.6) is 0 Å². The van der Waals surface area contributed by atoms with E-state index in [-0.39, 0.29) is 5.92 Å². The van der Waals surface area contributed by atoms with E-state index in [1.54, 1.807) is 0 Å². The first-order valence-electron chi connectivity index (χ1n) is 4.96. The van der Waals surface area contributed by atoms with E-state index in [2.05, 4.69) is 6.58 Å². The average Bonchev–Trinajstić information content (AvgIpc) is 2.53. The molecule has 1 heterocycles. The van der Waals surface area contributed by atoms with E-state index in [0.29, 0.717) is 13.2 Å². The maximum atomic E-state index is 10.9. The van der Waals surface area contributed by atoms with Crippen molar-refractivity contribution in [3.05, 3.63) is 12.2 Å². The van der Waals surface area contributed by atoms with E-state index in [0.717, 1.165) is 24.7 Å². The van der Waals surface area contributed by atoms with Gasteiger partial charge in [0.05, 0.1) is 19.1 Å². The molecule has 1 aliphatic rings. The smallest absolute Gasteiger partial charge is 0.175 e. The van der Waals surface area contributed by atoms with Gasteiger partial charge in [-0.3, -0.25) is 0 Å². The second-order valence-electron chi connectivity index (χ2n) is 3.95. The average molecular weight is 198 g/mol. The maximum absolute atomic E-state index is 10.9. The minimum Gasteiger partial charge on any atom is -0.347 e. The third kappa shape index (κ3) is 2.66. The van der Waals surface area contributed by atoms with Crippen molar-refractivity contribution in [1.82, 2.24) is 0 Å². The minimum absolute atomic E-state index is 0.193. The Hall–Kier alpha value is -0.670. The van der Waals surface area contributed by atoms with Crippen LogP contribution >= 0.6 is 0 Å². The fraction of sp³-hybridized carbons (Fsp3) is 0.727. The van der Waals surface area contributed by atoms with Crippen molar-refractivity contribution in [3.8, 4) is 0 Å². The van der Waals surface area contributed by atoms with Gasteiger partial charge in [0.1, 0.15) is 6.29 Å². The van der Waals surface area contributed by atoms with Gasteiger partial charge < -0.3 is 14.3 Å². The highest BCUT2D eigenvalue weighted by Crippen LogP contribution is 2.30. The molecule has 3 heteroatoms. The van der Waals surface area contributed by atoms with Gasteiger partial charge in [-0.15, -0.1) is 6.58 Å². The second kappa shape index (κ2) is 4.71. The van der Waals surface area contributed by atoms with Gasteiger partial charge in [-0.05, 0) is 26.7 Å². The summed E-state index contributed by atoms with van der Waals surface area (Å²) in [6.07, 6.45) is 2.51. The van der Waals surface area contributed by atoms with Crippen LogP contribution < -0.4 is 0 Å². The standard InChI is InChI=1S/C11H18O3/c1-9(2)4-5-10(8-12)11(3)13-6-7-14-11/h8,10H,1,4-7H2,2-3H3. The number of carbonyl (C=O) groups excluding carboxylic acids is 1. The number of carbonyl (C=O) groups is 1. The fourth-order valence-electron chi connectivity index (χ4n) is 1.60. The lowest BCUT2D eigenvalue weighted by atomic mass is 9.94. The van der Waals surface area contributed by atoms with Crippen molar-refractivity contribution < 1.29 is 14.3 Å². The van der Waals surface area contributed by atoms with Crippen molar-refractivity contribution in [2.75, 3.05) is 13.2 Å². The summed E-state index contributed by atoms with van der Waals surface area (Å²) in [6, 6.07) is 0. The van der Waals surface area contributed by atoms with Crippen molar-refractivity contribution in [1.29, 1.82) is 0 Å². The summed E-state index contributed by atoms with van der Waals surface area (Å²) < 4.78 is 10.9. The molecule has 1 fully saturated rings. The molecular weight excluding hydrogens is 180 g/mol. The number of hydrogen-bond donors (Lipinski definition) is 0. The lowest BCUT2D eigenvalue weighted by molar-refractivity contribution is -0.181. The van der Waals surface area contributed by atoms with E-state index in [4.69, 9.17) is 9.47 Å². The third-order valence-corrected chi connectivity index (χ3v) is 2.58. The Morgan fingerprint density at radius 2 is 2.14 bits per heavy atom. The zero-order valence-corrected chi connectivity index (χ0v) is 8.91. The van der Waals surface area contributed by atoms with Crippen molar-refractivity contribution >= 4 is 6.29 Å². The van der Waals surface area contributed by atoms with E-state index >= 15 is 0 Å². The molecule has 0 aromatic heterocycles. The zero-order valence-electron chi connectivity index (χ0n) is 8.91. The molecule has 1 rings (SSSR count). The molecule has 0 amide bonds. The number of rotatable bonds is 5. The van der Waals surface area contributed by atoms with Crippen LogP contribution in [0, 0.1) is 5.92 Å². The summed E-state index contributed by atoms with van der Waals surface area (Å²) >= 11 is 0. The summed E-state index contributed by atoms with van der Waals surface area (Å²) in [5.74, 6) is -0.904. The summed E-state index contributed by atoms with van der Waals surface area (Å²) in [7, 11) is 0. The van der Waals surface area contributed by atoms with Crippen molar-refractivity contribution in [2.45, 2.75) is 32.5 Å². The molecule has 0 radical (unpaired) electrons. The molecule has 0 aromatic rings. The van der Waals surface area contributed by atoms with Gasteiger partial charge in [-0.25, -0.2) is 0 Å². The van der Waals surface area contributed by atoms with E-state index < -0.39 is 5.79 Å². The van der Waals surface area contributed by atoms with E-state index in [1.807, 2.05) is 13.8 Å². The van der Waals surface area contributed by atoms with Crippen LogP contribution in [0.15, 0.2) is 12.2 Å². The molecule has 1 atom stereocenters. The number of ether oxygens (including phenoxy) is 2. The lowest BCUT2D eigenvalue weighted by Gasteiger charge is -2.28. The van der Waals surface area contributed by atoms with Gasteiger partial charge in [0.2, 0.25) is 0 Å². The first-order chi connectivity index (χ1) is 6.58. The van der Waals surface area contributed by atoms with Crippen molar-refractivity contribution in [3.63, 3.8) is 0 Å². The maximum Gasteiger partial charge on any atom is 0.175 e. The highest BCUT2D eigenvalue weighted by atomic mass is 16.7. The molecule has 0 aromatic carbocycles. The van der Waals surface area contributed by atoms with Crippen molar-refractivity contribution in [2.24, 2.45) is 5.92 Å². The summed E-state index contributed by atoms with van der Waals surface area (Å²) in [6.45, 7) is 8.76. The monoisotopic (exact) mass is 198 g/mol. The Morgan fingerprint density at radius 3 is 2.57 bits per heavy atom. The quantitative estimate of drug-likeness (QED) is 0.500. The fourth-order valence-corrected chi connectivity index (χ4v) is 1.60. The Morgan fingerprint density at radius 1 is 1.57 bits per heavy atom. The first kappa shape index (κ1) is 11.4. The van der Waals surface area contributed by atoms with Crippen LogP contribution in [0.2, 0.25) is 0 Å². The Balaban J connectivity index is 2.52. The van der Waals surface area contributed by atoms with Gasteiger partial charge in [-0.1, -0.05) is 5.57 Å². The van der Waals surface area contributed by atoms with Crippen LogP contribution in [-0.2, 0) is 14.3 Å². The number of hydrogen-bond acceptors (Lipinski definition) is 3.